The number of likely N-dealkylation sites (tertiary alicyclic amines) is 1. The summed E-state index contributed by atoms with van der Waals surface area (Å²) in [5.41, 5.74) is 5.61. The first-order chi connectivity index (χ1) is 12.9. The van der Waals surface area contributed by atoms with Crippen molar-refractivity contribution in [2.45, 2.75) is 53.1 Å². The molecule has 2 aromatic rings. The van der Waals surface area contributed by atoms with Crippen LogP contribution >= 0.6 is 0 Å². The van der Waals surface area contributed by atoms with Crippen LogP contribution < -0.4 is 5.32 Å². The highest BCUT2D eigenvalue weighted by Gasteiger charge is 2.16. The fourth-order valence-corrected chi connectivity index (χ4v) is 3.82. The Kier molecular flexibility index (Phi) is 6.33. The first kappa shape index (κ1) is 19.6. The summed E-state index contributed by atoms with van der Waals surface area (Å²) < 4.78 is 0. The van der Waals surface area contributed by atoms with Crippen molar-refractivity contribution < 1.29 is 4.79 Å². The van der Waals surface area contributed by atoms with Gasteiger partial charge in [-0.3, -0.25) is 9.69 Å². The molecule has 1 N–H and O–H groups in total. The van der Waals surface area contributed by atoms with E-state index in [0.717, 1.165) is 18.0 Å². The number of amides is 1. The van der Waals surface area contributed by atoms with Crippen LogP contribution in [0.25, 0.3) is 0 Å². The number of hydrogen-bond donors (Lipinski definition) is 1. The summed E-state index contributed by atoms with van der Waals surface area (Å²) in [6.45, 7) is 11.9. The Morgan fingerprint density at radius 2 is 1.78 bits per heavy atom. The molecule has 1 saturated heterocycles. The van der Waals surface area contributed by atoms with Crippen molar-refractivity contribution in [1.29, 1.82) is 0 Å². The highest BCUT2D eigenvalue weighted by molar-refractivity contribution is 5.94. The number of hydrogen-bond acceptors (Lipinski definition) is 2. The maximum atomic E-state index is 12.6. The van der Waals surface area contributed by atoms with Gasteiger partial charge in [0.25, 0.3) is 5.91 Å². The predicted molar refractivity (Wildman–Crippen MR) is 112 cm³/mol. The quantitative estimate of drug-likeness (QED) is 0.807. The molecule has 0 saturated carbocycles. The summed E-state index contributed by atoms with van der Waals surface area (Å²) in [6, 6.07) is 14.5. The molecule has 0 unspecified atom stereocenters. The highest BCUT2D eigenvalue weighted by Crippen LogP contribution is 2.20. The normalized spacial score (nSPS) is 16.9. The average Bonchev–Trinajstić information content (AvgIpc) is 2.66. The van der Waals surface area contributed by atoms with Gasteiger partial charge in [0.1, 0.15) is 0 Å². The molecule has 1 aliphatic rings. The minimum Gasteiger partial charge on any atom is -0.346 e. The Labute approximate surface area is 163 Å². The molecule has 0 radical (unpaired) electrons. The summed E-state index contributed by atoms with van der Waals surface area (Å²) in [4.78, 5) is 15.2. The third-order valence-corrected chi connectivity index (χ3v) is 5.75. The molecule has 27 heavy (non-hydrogen) atoms. The van der Waals surface area contributed by atoms with Crippen molar-refractivity contribution >= 4 is 5.91 Å². The summed E-state index contributed by atoms with van der Waals surface area (Å²) in [7, 11) is 0. The van der Waals surface area contributed by atoms with Gasteiger partial charge in [-0.05, 0) is 81.4 Å². The van der Waals surface area contributed by atoms with Crippen molar-refractivity contribution in [2.24, 2.45) is 5.92 Å². The van der Waals surface area contributed by atoms with Gasteiger partial charge in [0.2, 0.25) is 0 Å². The standard InChI is InChI=1S/C24H32N2O/c1-17-11-13-26(14-12-17)16-21-7-9-22(10-8-21)24(27)25-20(4)23-15-18(2)5-6-19(23)3/h5-10,15,17,20H,11-14,16H2,1-4H3,(H,25,27)/t20-/m0/s1. The molecule has 1 heterocycles. The number of rotatable bonds is 5. The van der Waals surface area contributed by atoms with E-state index >= 15 is 0 Å². The zero-order valence-corrected chi connectivity index (χ0v) is 17.1. The number of carbonyl (C=O) groups is 1. The van der Waals surface area contributed by atoms with Gasteiger partial charge in [0, 0.05) is 12.1 Å². The topological polar surface area (TPSA) is 32.3 Å². The van der Waals surface area contributed by atoms with Crippen molar-refractivity contribution in [3.05, 3.63) is 70.3 Å². The van der Waals surface area contributed by atoms with Gasteiger partial charge in [0.05, 0.1) is 6.04 Å². The fourth-order valence-electron chi connectivity index (χ4n) is 3.82. The molecule has 1 atom stereocenters. The largest absolute Gasteiger partial charge is 0.346 e. The van der Waals surface area contributed by atoms with Crippen LogP contribution in [0.3, 0.4) is 0 Å². The molecule has 3 rings (SSSR count). The number of piperidine rings is 1. The zero-order valence-electron chi connectivity index (χ0n) is 17.1. The minimum absolute atomic E-state index is 0.00702. The van der Waals surface area contributed by atoms with E-state index < -0.39 is 0 Å². The van der Waals surface area contributed by atoms with E-state index in [1.807, 2.05) is 19.1 Å². The summed E-state index contributed by atoms with van der Waals surface area (Å²) in [5, 5.41) is 3.14. The van der Waals surface area contributed by atoms with Crippen LogP contribution in [-0.2, 0) is 6.54 Å². The Bertz CT molecular complexity index is 773. The van der Waals surface area contributed by atoms with Crippen LogP contribution in [0.2, 0.25) is 0 Å². The number of nitrogens with zero attached hydrogens (tertiary/aromatic N) is 1. The molecule has 0 aromatic heterocycles. The maximum absolute atomic E-state index is 12.6. The Morgan fingerprint density at radius 1 is 1.11 bits per heavy atom. The Balaban J connectivity index is 1.59. The second kappa shape index (κ2) is 8.71. The minimum atomic E-state index is -0.0123. The molecular weight excluding hydrogens is 332 g/mol. The fraction of sp³-hybridized carbons (Fsp3) is 0.458. The van der Waals surface area contributed by atoms with Crippen LogP contribution in [0.5, 0.6) is 0 Å². The second-order valence-corrected chi connectivity index (χ2v) is 8.21. The molecule has 0 spiro atoms. The predicted octanol–water partition coefficient (Wildman–Crippen LogP) is 5.03. The lowest BCUT2D eigenvalue weighted by atomic mass is 9.98. The average molecular weight is 365 g/mol. The summed E-state index contributed by atoms with van der Waals surface area (Å²) in [5.74, 6) is 0.841. The molecular formula is C24H32N2O. The number of nitrogens with one attached hydrogen (secondary N) is 1. The van der Waals surface area contributed by atoms with Crippen LogP contribution in [0.15, 0.2) is 42.5 Å². The Hall–Kier alpha value is -2.13. The van der Waals surface area contributed by atoms with Crippen molar-refractivity contribution in [3.63, 3.8) is 0 Å². The van der Waals surface area contributed by atoms with Gasteiger partial charge in [0.15, 0.2) is 0 Å². The van der Waals surface area contributed by atoms with Crippen molar-refractivity contribution in [1.82, 2.24) is 10.2 Å². The van der Waals surface area contributed by atoms with Crippen molar-refractivity contribution in [2.75, 3.05) is 13.1 Å². The third kappa shape index (κ3) is 5.20. The first-order valence-electron chi connectivity index (χ1n) is 10.1. The third-order valence-electron chi connectivity index (χ3n) is 5.75. The van der Waals surface area contributed by atoms with Gasteiger partial charge in [-0.1, -0.05) is 42.8 Å². The molecule has 0 bridgehead atoms. The molecule has 1 aliphatic heterocycles. The van der Waals surface area contributed by atoms with Crippen LogP contribution in [-0.4, -0.2) is 23.9 Å². The lowest BCUT2D eigenvalue weighted by Gasteiger charge is -2.30. The smallest absolute Gasteiger partial charge is 0.251 e. The molecule has 3 heteroatoms. The van der Waals surface area contributed by atoms with Gasteiger partial charge in [-0.2, -0.15) is 0 Å². The number of benzene rings is 2. The number of carbonyl (C=O) groups excluding carboxylic acids is 1. The van der Waals surface area contributed by atoms with Gasteiger partial charge >= 0.3 is 0 Å². The van der Waals surface area contributed by atoms with E-state index in [9.17, 15) is 4.79 Å². The van der Waals surface area contributed by atoms with E-state index in [4.69, 9.17) is 0 Å². The van der Waals surface area contributed by atoms with E-state index in [0.29, 0.717) is 0 Å². The molecule has 1 amide bonds. The lowest BCUT2D eigenvalue weighted by Crippen LogP contribution is -2.32. The van der Waals surface area contributed by atoms with Crippen LogP contribution in [0.1, 0.15) is 65.3 Å². The molecule has 0 aliphatic carbocycles. The van der Waals surface area contributed by atoms with Crippen LogP contribution in [0.4, 0.5) is 0 Å². The van der Waals surface area contributed by atoms with Crippen LogP contribution in [0, 0.1) is 19.8 Å². The van der Waals surface area contributed by atoms with E-state index in [1.165, 1.54) is 48.2 Å². The lowest BCUT2D eigenvalue weighted by molar-refractivity contribution is 0.0939. The monoisotopic (exact) mass is 364 g/mol. The highest BCUT2D eigenvalue weighted by atomic mass is 16.1. The van der Waals surface area contributed by atoms with Gasteiger partial charge in [-0.25, -0.2) is 0 Å². The van der Waals surface area contributed by atoms with Gasteiger partial charge < -0.3 is 5.32 Å². The summed E-state index contributed by atoms with van der Waals surface area (Å²) in [6.07, 6.45) is 2.58. The number of aryl methyl sites for hydroxylation is 2. The molecule has 144 valence electrons. The molecule has 1 fully saturated rings. The second-order valence-electron chi connectivity index (χ2n) is 8.21. The Morgan fingerprint density at radius 3 is 2.44 bits per heavy atom. The van der Waals surface area contributed by atoms with E-state index in [2.05, 4.69) is 61.3 Å². The van der Waals surface area contributed by atoms with E-state index in [1.54, 1.807) is 0 Å². The zero-order chi connectivity index (χ0) is 19.4. The molecule has 2 aromatic carbocycles. The van der Waals surface area contributed by atoms with Crippen molar-refractivity contribution in [3.8, 4) is 0 Å². The summed E-state index contributed by atoms with van der Waals surface area (Å²) >= 11 is 0. The van der Waals surface area contributed by atoms with E-state index in [-0.39, 0.29) is 11.9 Å². The SMILES string of the molecule is Cc1ccc(C)c([C@H](C)NC(=O)c2ccc(CN3CCC(C)CC3)cc2)c1. The maximum Gasteiger partial charge on any atom is 0.251 e. The first-order valence-corrected chi connectivity index (χ1v) is 10.1. The molecule has 3 nitrogen and oxygen atoms in total. The van der Waals surface area contributed by atoms with Gasteiger partial charge in [-0.15, -0.1) is 0 Å².